The monoisotopic (exact) mass is 243 g/mol. The number of nitrogen functional groups attached to an aromatic ring is 1. The van der Waals surface area contributed by atoms with Gasteiger partial charge in [-0.2, -0.15) is 0 Å². The van der Waals surface area contributed by atoms with Gasteiger partial charge in [0.05, 0.1) is 0 Å². The number of carbonyl (C=O) groups is 1. The minimum absolute atomic E-state index is 0.124. The molecule has 0 unspecified atom stereocenters. The van der Waals surface area contributed by atoms with E-state index in [0.29, 0.717) is 22.4 Å². The first kappa shape index (κ1) is 12.3. The summed E-state index contributed by atoms with van der Waals surface area (Å²) in [5.74, 6) is -0.429. The van der Waals surface area contributed by atoms with Gasteiger partial charge in [-0.25, -0.2) is 4.39 Å². The van der Waals surface area contributed by atoms with Crippen LogP contribution < -0.4 is 5.73 Å². The third-order valence-corrected chi connectivity index (χ3v) is 2.95. The van der Waals surface area contributed by atoms with Crippen LogP contribution in [0.3, 0.4) is 0 Å². The zero-order valence-electron chi connectivity index (χ0n) is 10.3. The highest BCUT2D eigenvalue weighted by Gasteiger charge is 2.11. The molecule has 0 fully saturated rings. The Kier molecular flexibility index (Phi) is 3.15. The van der Waals surface area contributed by atoms with Crippen LogP contribution in [0.1, 0.15) is 27.0 Å². The second-order valence-electron chi connectivity index (χ2n) is 4.36. The summed E-state index contributed by atoms with van der Waals surface area (Å²) in [6.45, 7) is 3.49. The van der Waals surface area contributed by atoms with Crippen molar-refractivity contribution in [1.29, 1.82) is 0 Å². The molecule has 0 aliphatic heterocycles. The Labute approximate surface area is 105 Å². The van der Waals surface area contributed by atoms with Gasteiger partial charge in [0.15, 0.2) is 5.78 Å². The van der Waals surface area contributed by atoms with Crippen LogP contribution in [0.5, 0.6) is 0 Å². The highest BCUT2D eigenvalue weighted by atomic mass is 19.1. The Morgan fingerprint density at radius 1 is 1.00 bits per heavy atom. The van der Waals surface area contributed by atoms with Gasteiger partial charge in [-0.05, 0) is 61.4 Å². The maximum absolute atomic E-state index is 13.2. The molecule has 2 rings (SSSR count). The summed E-state index contributed by atoms with van der Waals surface area (Å²) in [6, 6.07) is 9.51. The van der Waals surface area contributed by atoms with E-state index in [0.717, 1.165) is 5.56 Å². The van der Waals surface area contributed by atoms with Crippen molar-refractivity contribution in [3.05, 3.63) is 64.5 Å². The van der Waals surface area contributed by atoms with E-state index in [-0.39, 0.29) is 11.6 Å². The first-order valence-electron chi connectivity index (χ1n) is 5.66. The lowest BCUT2D eigenvalue weighted by Gasteiger charge is -2.06. The highest BCUT2D eigenvalue weighted by Crippen LogP contribution is 2.17. The van der Waals surface area contributed by atoms with Gasteiger partial charge in [0, 0.05) is 16.8 Å². The number of aryl methyl sites for hydroxylation is 2. The van der Waals surface area contributed by atoms with Crippen molar-refractivity contribution >= 4 is 11.5 Å². The fourth-order valence-corrected chi connectivity index (χ4v) is 1.77. The number of halogens is 1. The molecule has 2 N–H and O–H groups in total. The van der Waals surface area contributed by atoms with E-state index in [2.05, 4.69) is 0 Å². The molecule has 0 amide bonds. The van der Waals surface area contributed by atoms with E-state index in [1.165, 1.54) is 12.1 Å². The quantitative estimate of drug-likeness (QED) is 0.650. The SMILES string of the molecule is Cc1cc(C(=O)c2ccc(F)c(C)c2)ccc1N. The second-order valence-corrected chi connectivity index (χ2v) is 4.36. The third-order valence-electron chi connectivity index (χ3n) is 2.95. The highest BCUT2D eigenvalue weighted by molar-refractivity contribution is 6.09. The van der Waals surface area contributed by atoms with E-state index in [1.54, 1.807) is 31.2 Å². The van der Waals surface area contributed by atoms with Crippen molar-refractivity contribution < 1.29 is 9.18 Å². The van der Waals surface area contributed by atoms with Crippen molar-refractivity contribution in [3.63, 3.8) is 0 Å². The molecule has 0 aliphatic carbocycles. The molecule has 0 atom stereocenters. The van der Waals surface area contributed by atoms with Gasteiger partial charge in [-0.1, -0.05) is 0 Å². The molecular formula is C15H14FNO. The summed E-state index contributed by atoms with van der Waals surface area (Å²) in [7, 11) is 0. The topological polar surface area (TPSA) is 43.1 Å². The number of anilines is 1. The Hall–Kier alpha value is -2.16. The maximum Gasteiger partial charge on any atom is 0.193 e. The number of hydrogen-bond acceptors (Lipinski definition) is 2. The molecular weight excluding hydrogens is 229 g/mol. The van der Waals surface area contributed by atoms with Crippen LogP contribution in [0.15, 0.2) is 36.4 Å². The van der Waals surface area contributed by atoms with E-state index < -0.39 is 0 Å². The number of nitrogens with two attached hydrogens (primary N) is 1. The standard InChI is InChI=1S/C15H14FNO/c1-9-7-11(3-5-13(9)16)15(18)12-4-6-14(17)10(2)8-12/h3-8H,17H2,1-2H3. The summed E-state index contributed by atoms with van der Waals surface area (Å²) in [6.07, 6.45) is 0. The van der Waals surface area contributed by atoms with Crippen LogP contribution in [0, 0.1) is 19.7 Å². The smallest absolute Gasteiger partial charge is 0.193 e. The fourth-order valence-electron chi connectivity index (χ4n) is 1.77. The molecule has 0 aliphatic rings. The Balaban J connectivity index is 2.41. The van der Waals surface area contributed by atoms with Gasteiger partial charge in [0.1, 0.15) is 5.82 Å². The zero-order chi connectivity index (χ0) is 13.3. The second kappa shape index (κ2) is 4.61. The summed E-state index contributed by atoms with van der Waals surface area (Å²) < 4.78 is 13.2. The van der Waals surface area contributed by atoms with Crippen molar-refractivity contribution in [3.8, 4) is 0 Å². The van der Waals surface area contributed by atoms with Crippen molar-refractivity contribution in [2.24, 2.45) is 0 Å². The molecule has 2 aromatic rings. The molecule has 0 heterocycles. The molecule has 0 aromatic heterocycles. The summed E-state index contributed by atoms with van der Waals surface area (Å²) >= 11 is 0. The van der Waals surface area contributed by atoms with Gasteiger partial charge in [0.25, 0.3) is 0 Å². The Morgan fingerprint density at radius 3 is 2.11 bits per heavy atom. The minimum Gasteiger partial charge on any atom is -0.399 e. The van der Waals surface area contributed by atoms with Crippen LogP contribution >= 0.6 is 0 Å². The number of ketones is 1. The van der Waals surface area contributed by atoms with Crippen molar-refractivity contribution in [2.45, 2.75) is 13.8 Å². The first-order chi connectivity index (χ1) is 8.49. The van der Waals surface area contributed by atoms with E-state index in [1.807, 2.05) is 6.92 Å². The van der Waals surface area contributed by atoms with Crippen LogP contribution in [0.4, 0.5) is 10.1 Å². The molecule has 2 aromatic carbocycles. The van der Waals surface area contributed by atoms with Gasteiger partial charge in [-0.15, -0.1) is 0 Å². The van der Waals surface area contributed by atoms with Crippen molar-refractivity contribution in [2.75, 3.05) is 5.73 Å². The van der Waals surface area contributed by atoms with Crippen LogP contribution in [0.2, 0.25) is 0 Å². The molecule has 0 radical (unpaired) electrons. The van der Waals surface area contributed by atoms with Crippen molar-refractivity contribution in [1.82, 2.24) is 0 Å². The summed E-state index contributed by atoms with van der Waals surface area (Å²) in [5.41, 5.74) is 8.74. The Morgan fingerprint density at radius 2 is 1.56 bits per heavy atom. The lowest BCUT2D eigenvalue weighted by Crippen LogP contribution is -2.03. The molecule has 2 nitrogen and oxygen atoms in total. The summed E-state index contributed by atoms with van der Waals surface area (Å²) in [5, 5.41) is 0. The molecule has 92 valence electrons. The Bertz CT molecular complexity index is 566. The zero-order valence-corrected chi connectivity index (χ0v) is 10.3. The number of carbonyl (C=O) groups excluding carboxylic acids is 1. The predicted molar refractivity (Wildman–Crippen MR) is 70.2 cm³/mol. The number of hydrogen-bond donors (Lipinski definition) is 1. The number of rotatable bonds is 2. The van der Waals surface area contributed by atoms with Gasteiger partial charge < -0.3 is 5.73 Å². The number of benzene rings is 2. The predicted octanol–water partition coefficient (Wildman–Crippen LogP) is 3.26. The first-order valence-corrected chi connectivity index (χ1v) is 5.66. The largest absolute Gasteiger partial charge is 0.399 e. The lowest BCUT2D eigenvalue weighted by molar-refractivity contribution is 0.103. The normalized spacial score (nSPS) is 10.4. The molecule has 0 saturated heterocycles. The van der Waals surface area contributed by atoms with Gasteiger partial charge in [-0.3, -0.25) is 4.79 Å². The molecule has 0 saturated carbocycles. The van der Waals surface area contributed by atoms with Crippen LogP contribution in [0.25, 0.3) is 0 Å². The van der Waals surface area contributed by atoms with E-state index in [4.69, 9.17) is 5.73 Å². The average molecular weight is 243 g/mol. The molecule has 18 heavy (non-hydrogen) atoms. The lowest BCUT2D eigenvalue weighted by atomic mass is 9.99. The summed E-state index contributed by atoms with van der Waals surface area (Å²) in [4.78, 5) is 12.2. The average Bonchev–Trinajstić information content (AvgIpc) is 2.35. The third kappa shape index (κ3) is 2.25. The van der Waals surface area contributed by atoms with Crippen LogP contribution in [-0.4, -0.2) is 5.78 Å². The van der Waals surface area contributed by atoms with E-state index >= 15 is 0 Å². The van der Waals surface area contributed by atoms with E-state index in [9.17, 15) is 9.18 Å². The molecule has 3 heteroatoms. The van der Waals surface area contributed by atoms with Gasteiger partial charge in [0.2, 0.25) is 0 Å². The minimum atomic E-state index is -0.306. The molecule has 0 bridgehead atoms. The molecule has 0 spiro atoms. The maximum atomic E-state index is 13.2. The fraction of sp³-hybridized carbons (Fsp3) is 0.133. The van der Waals surface area contributed by atoms with Crippen LogP contribution in [-0.2, 0) is 0 Å². The van der Waals surface area contributed by atoms with Gasteiger partial charge >= 0.3 is 0 Å².